The fourth-order valence-corrected chi connectivity index (χ4v) is 4.74. The highest BCUT2D eigenvalue weighted by Crippen LogP contribution is 2.45. The lowest BCUT2D eigenvalue weighted by atomic mass is 9.83. The predicted molar refractivity (Wildman–Crippen MR) is 125 cm³/mol. The van der Waals surface area contributed by atoms with Crippen molar-refractivity contribution in [3.8, 4) is 5.75 Å². The van der Waals surface area contributed by atoms with E-state index in [9.17, 15) is 4.39 Å². The summed E-state index contributed by atoms with van der Waals surface area (Å²) in [6, 6.07) is 25.3. The quantitative estimate of drug-likeness (QED) is 0.268. The van der Waals surface area contributed by atoms with E-state index in [-0.39, 0.29) is 5.82 Å². The minimum atomic E-state index is -0.881. The van der Waals surface area contributed by atoms with Crippen LogP contribution in [0.1, 0.15) is 22.3 Å². The van der Waals surface area contributed by atoms with E-state index in [1.54, 1.807) is 12.1 Å². The molecular formula is C26H18FIO. The van der Waals surface area contributed by atoms with Crippen molar-refractivity contribution in [1.29, 1.82) is 0 Å². The second-order valence-electron chi connectivity index (χ2n) is 7.36. The van der Waals surface area contributed by atoms with Crippen molar-refractivity contribution in [2.24, 2.45) is 0 Å². The van der Waals surface area contributed by atoms with E-state index in [1.165, 1.54) is 17.0 Å². The predicted octanol–water partition coefficient (Wildman–Crippen LogP) is 7.24. The van der Waals surface area contributed by atoms with Crippen LogP contribution >= 0.6 is 22.6 Å². The summed E-state index contributed by atoms with van der Waals surface area (Å²) in [4.78, 5) is 0. The van der Waals surface area contributed by atoms with Crippen molar-refractivity contribution >= 4 is 39.4 Å². The van der Waals surface area contributed by atoms with Crippen LogP contribution in [-0.2, 0) is 5.60 Å². The van der Waals surface area contributed by atoms with Crippen molar-refractivity contribution in [3.63, 3.8) is 0 Å². The molecule has 0 saturated carbocycles. The molecule has 0 aromatic heterocycles. The number of fused-ring (bicyclic) bond motifs is 3. The first-order valence-corrected chi connectivity index (χ1v) is 10.6. The molecule has 5 rings (SSSR count). The van der Waals surface area contributed by atoms with Crippen molar-refractivity contribution in [2.75, 3.05) is 0 Å². The van der Waals surface area contributed by atoms with Crippen molar-refractivity contribution in [3.05, 3.63) is 117 Å². The second kappa shape index (κ2) is 6.99. The van der Waals surface area contributed by atoms with Gasteiger partial charge >= 0.3 is 0 Å². The van der Waals surface area contributed by atoms with Crippen LogP contribution in [0.15, 0.2) is 84.9 Å². The number of ether oxygens (including phenoxy) is 1. The van der Waals surface area contributed by atoms with Crippen molar-refractivity contribution in [1.82, 2.24) is 0 Å². The molecule has 1 nitrogen and oxygen atoms in total. The molecule has 0 N–H and O–H groups in total. The maximum Gasteiger partial charge on any atom is 0.178 e. The lowest BCUT2D eigenvalue weighted by molar-refractivity contribution is 0.161. The minimum Gasteiger partial charge on any atom is -0.473 e. The standard InChI is InChI=1S/C26H18FIO/c1-17-9-11-18(12-10-17)26(19-5-4-6-20(27)15-19)14-13-23-21-7-2-3-8-22(21)24(28)16-25(23)29-26/h2-16H,1H3. The normalized spacial score (nSPS) is 17.8. The number of aryl methyl sites for hydroxylation is 1. The highest BCUT2D eigenvalue weighted by molar-refractivity contribution is 14.1. The number of hydrogen-bond acceptors (Lipinski definition) is 1. The third-order valence-electron chi connectivity index (χ3n) is 5.49. The van der Waals surface area contributed by atoms with Gasteiger partial charge in [-0.2, -0.15) is 0 Å². The first-order chi connectivity index (χ1) is 14.1. The highest BCUT2D eigenvalue weighted by Gasteiger charge is 2.37. The fraction of sp³-hybridized carbons (Fsp3) is 0.0769. The van der Waals surface area contributed by atoms with Gasteiger partial charge in [-0.25, -0.2) is 4.39 Å². The Kier molecular flexibility index (Phi) is 4.43. The van der Waals surface area contributed by atoms with Gasteiger partial charge in [-0.05, 0) is 70.6 Å². The summed E-state index contributed by atoms with van der Waals surface area (Å²) in [5, 5.41) is 2.36. The molecule has 1 aliphatic heterocycles. The summed E-state index contributed by atoms with van der Waals surface area (Å²) in [5.41, 5.74) is 3.09. The average molecular weight is 492 g/mol. The molecule has 3 heteroatoms. The monoisotopic (exact) mass is 492 g/mol. The molecule has 1 unspecified atom stereocenters. The molecule has 142 valence electrons. The zero-order valence-electron chi connectivity index (χ0n) is 15.8. The van der Waals surface area contributed by atoms with Gasteiger partial charge in [0.2, 0.25) is 0 Å². The van der Waals surface area contributed by atoms with E-state index in [4.69, 9.17) is 4.74 Å². The average Bonchev–Trinajstić information content (AvgIpc) is 2.74. The van der Waals surface area contributed by atoms with Gasteiger partial charge in [0.25, 0.3) is 0 Å². The Labute approximate surface area is 183 Å². The highest BCUT2D eigenvalue weighted by atomic mass is 127. The molecule has 0 aliphatic carbocycles. The van der Waals surface area contributed by atoms with Gasteiger partial charge in [0.1, 0.15) is 11.6 Å². The van der Waals surface area contributed by atoms with Crippen LogP contribution in [0, 0.1) is 16.3 Å². The summed E-state index contributed by atoms with van der Waals surface area (Å²) in [7, 11) is 0. The summed E-state index contributed by atoms with van der Waals surface area (Å²) < 4.78 is 22.0. The van der Waals surface area contributed by atoms with E-state index in [2.05, 4.69) is 78.1 Å². The third-order valence-corrected chi connectivity index (χ3v) is 6.38. The number of halogens is 2. The van der Waals surface area contributed by atoms with Crippen LogP contribution in [0.4, 0.5) is 4.39 Å². The molecule has 1 heterocycles. The van der Waals surface area contributed by atoms with Gasteiger partial charge in [0.15, 0.2) is 5.60 Å². The zero-order chi connectivity index (χ0) is 20.0. The Bertz CT molecular complexity index is 1260. The lowest BCUT2D eigenvalue weighted by Gasteiger charge is -2.36. The first kappa shape index (κ1) is 18.4. The molecule has 4 aromatic rings. The van der Waals surface area contributed by atoms with Gasteiger partial charge < -0.3 is 4.74 Å². The van der Waals surface area contributed by atoms with Crippen LogP contribution in [-0.4, -0.2) is 0 Å². The number of benzene rings is 4. The van der Waals surface area contributed by atoms with Crippen molar-refractivity contribution < 1.29 is 9.13 Å². The van der Waals surface area contributed by atoms with E-state index < -0.39 is 5.60 Å². The first-order valence-electron chi connectivity index (χ1n) is 9.49. The molecule has 0 saturated heterocycles. The molecule has 0 fully saturated rings. The maximum absolute atomic E-state index is 14.2. The van der Waals surface area contributed by atoms with Gasteiger partial charge in [-0.3, -0.25) is 0 Å². The largest absolute Gasteiger partial charge is 0.473 e. The fourth-order valence-electron chi connectivity index (χ4n) is 3.99. The topological polar surface area (TPSA) is 9.23 Å². The zero-order valence-corrected chi connectivity index (χ0v) is 18.0. The summed E-state index contributed by atoms with van der Waals surface area (Å²) in [6.45, 7) is 2.06. The van der Waals surface area contributed by atoms with E-state index >= 15 is 0 Å². The van der Waals surface area contributed by atoms with E-state index in [1.807, 2.05) is 24.3 Å². The summed E-state index contributed by atoms with van der Waals surface area (Å²) in [6.07, 6.45) is 4.16. The molecule has 0 bridgehead atoms. The molecule has 1 atom stereocenters. The van der Waals surface area contributed by atoms with Gasteiger partial charge in [-0.15, -0.1) is 0 Å². The number of hydrogen-bond donors (Lipinski definition) is 0. The number of rotatable bonds is 2. The Hall–Kier alpha value is -2.66. The molecule has 0 radical (unpaired) electrons. The Morgan fingerprint density at radius 1 is 0.828 bits per heavy atom. The Morgan fingerprint density at radius 2 is 1.59 bits per heavy atom. The molecule has 29 heavy (non-hydrogen) atoms. The van der Waals surface area contributed by atoms with Crippen LogP contribution < -0.4 is 4.74 Å². The van der Waals surface area contributed by atoms with Crippen LogP contribution in [0.25, 0.3) is 16.8 Å². The Morgan fingerprint density at radius 3 is 2.34 bits per heavy atom. The van der Waals surface area contributed by atoms with Crippen molar-refractivity contribution in [2.45, 2.75) is 12.5 Å². The molecule has 0 spiro atoms. The minimum absolute atomic E-state index is 0.273. The molecule has 1 aliphatic rings. The van der Waals surface area contributed by atoms with Gasteiger partial charge in [-0.1, -0.05) is 66.2 Å². The maximum atomic E-state index is 14.2. The van der Waals surface area contributed by atoms with E-state index in [0.29, 0.717) is 0 Å². The van der Waals surface area contributed by atoms with Gasteiger partial charge in [0.05, 0.1) is 0 Å². The van der Waals surface area contributed by atoms with Crippen LogP contribution in [0.3, 0.4) is 0 Å². The molecular weight excluding hydrogens is 474 g/mol. The second-order valence-corrected chi connectivity index (χ2v) is 8.53. The van der Waals surface area contributed by atoms with E-state index in [0.717, 1.165) is 31.4 Å². The van der Waals surface area contributed by atoms with Crippen LogP contribution in [0.2, 0.25) is 0 Å². The van der Waals surface area contributed by atoms with Gasteiger partial charge in [0, 0.05) is 20.3 Å². The summed E-state index contributed by atoms with van der Waals surface area (Å²) >= 11 is 2.35. The smallest absolute Gasteiger partial charge is 0.178 e. The Balaban J connectivity index is 1.77. The molecule has 4 aromatic carbocycles. The SMILES string of the molecule is Cc1ccc(C2(c3cccc(F)c3)C=Cc3c(cc(I)c4ccccc34)O2)cc1. The van der Waals surface area contributed by atoms with Crippen LogP contribution in [0.5, 0.6) is 5.75 Å². The molecule has 0 amide bonds. The lowest BCUT2D eigenvalue weighted by Crippen LogP contribution is -2.34. The summed E-state index contributed by atoms with van der Waals surface area (Å²) in [5.74, 6) is 0.533. The third kappa shape index (κ3) is 3.04.